The van der Waals surface area contributed by atoms with Gasteiger partial charge in [0.15, 0.2) is 12.0 Å². The number of hydrogen-bond donors (Lipinski definition) is 1. The lowest BCUT2D eigenvalue weighted by molar-refractivity contribution is -0.384. The van der Waals surface area contributed by atoms with Crippen molar-refractivity contribution in [3.05, 3.63) is 63.2 Å². The topological polar surface area (TPSA) is 107 Å². The summed E-state index contributed by atoms with van der Waals surface area (Å²) in [5.41, 5.74) is 4.70. The quantitative estimate of drug-likeness (QED) is 0.450. The van der Waals surface area contributed by atoms with Gasteiger partial charge in [0.05, 0.1) is 4.92 Å². The average Bonchev–Trinajstić information content (AvgIpc) is 3.09. The third kappa shape index (κ3) is 2.54. The van der Waals surface area contributed by atoms with Crippen molar-refractivity contribution >= 4 is 28.8 Å². The molecule has 24 heavy (non-hydrogen) atoms. The number of aromatic nitrogens is 1. The van der Waals surface area contributed by atoms with Crippen molar-refractivity contribution in [2.75, 3.05) is 5.43 Å². The molecule has 0 aliphatic rings. The van der Waals surface area contributed by atoms with Crippen molar-refractivity contribution in [1.29, 1.82) is 0 Å². The van der Waals surface area contributed by atoms with Crippen LogP contribution in [0.25, 0.3) is 11.0 Å². The number of aldehydes is 1. The number of benzene rings is 1. The van der Waals surface area contributed by atoms with Gasteiger partial charge in [-0.1, -0.05) is 0 Å². The summed E-state index contributed by atoms with van der Waals surface area (Å²) in [6.07, 6.45) is 0.714. The first-order chi connectivity index (χ1) is 11.4. The van der Waals surface area contributed by atoms with Crippen LogP contribution in [0.15, 0.2) is 34.7 Å². The standard InChI is InChI=1S/C16H13N3O5/c1-9-5-12(8-20)10(2)18(9)17-16(21)15-7-11-6-13(19(22)23)3-4-14(11)24-15/h3-8H,1-2H3,(H,17,21). The van der Waals surface area contributed by atoms with Crippen molar-refractivity contribution in [3.63, 3.8) is 0 Å². The highest BCUT2D eigenvalue weighted by molar-refractivity contribution is 6.01. The number of nitrogens with one attached hydrogen (secondary N) is 1. The van der Waals surface area contributed by atoms with E-state index in [1.54, 1.807) is 19.9 Å². The molecular weight excluding hydrogens is 314 g/mol. The second-order valence-electron chi connectivity index (χ2n) is 5.31. The number of nitro benzene ring substituents is 1. The number of amides is 1. The second-order valence-corrected chi connectivity index (χ2v) is 5.31. The summed E-state index contributed by atoms with van der Waals surface area (Å²) < 4.78 is 6.92. The van der Waals surface area contributed by atoms with E-state index in [1.165, 1.54) is 28.9 Å². The molecule has 3 aromatic rings. The van der Waals surface area contributed by atoms with Crippen LogP contribution in [0.3, 0.4) is 0 Å². The Morgan fingerprint density at radius 3 is 2.67 bits per heavy atom. The smallest absolute Gasteiger partial charge is 0.305 e. The molecule has 0 unspecified atom stereocenters. The molecule has 1 aromatic carbocycles. The zero-order chi connectivity index (χ0) is 17.4. The Balaban J connectivity index is 1.93. The molecule has 0 bridgehead atoms. The van der Waals surface area contributed by atoms with E-state index in [-0.39, 0.29) is 11.4 Å². The summed E-state index contributed by atoms with van der Waals surface area (Å²) in [5, 5.41) is 11.3. The van der Waals surface area contributed by atoms with Gasteiger partial charge in [-0.3, -0.25) is 29.8 Å². The van der Waals surface area contributed by atoms with E-state index in [2.05, 4.69) is 5.43 Å². The molecule has 3 rings (SSSR count). The molecule has 0 saturated heterocycles. The van der Waals surface area contributed by atoms with Crippen LogP contribution in [0.4, 0.5) is 5.69 Å². The Bertz CT molecular complexity index is 983. The third-order valence-electron chi connectivity index (χ3n) is 3.75. The minimum Gasteiger partial charge on any atom is -0.451 e. The molecule has 0 saturated carbocycles. The largest absolute Gasteiger partial charge is 0.451 e. The first kappa shape index (κ1) is 15.5. The highest BCUT2D eigenvalue weighted by Crippen LogP contribution is 2.24. The number of nitro groups is 1. The van der Waals surface area contributed by atoms with Gasteiger partial charge in [0.1, 0.15) is 5.58 Å². The number of carbonyl (C=O) groups is 2. The van der Waals surface area contributed by atoms with Crippen molar-refractivity contribution in [2.24, 2.45) is 0 Å². The summed E-state index contributed by atoms with van der Waals surface area (Å²) in [7, 11) is 0. The molecule has 0 aliphatic carbocycles. The number of nitrogens with zero attached hydrogens (tertiary/aromatic N) is 2. The molecule has 8 nitrogen and oxygen atoms in total. The fourth-order valence-electron chi connectivity index (χ4n) is 2.49. The van der Waals surface area contributed by atoms with Gasteiger partial charge in [-0.25, -0.2) is 0 Å². The summed E-state index contributed by atoms with van der Waals surface area (Å²) in [6, 6.07) is 7.19. The third-order valence-corrected chi connectivity index (χ3v) is 3.75. The number of carbonyl (C=O) groups excluding carboxylic acids is 2. The fraction of sp³-hybridized carbons (Fsp3) is 0.125. The van der Waals surface area contributed by atoms with Crippen LogP contribution >= 0.6 is 0 Å². The first-order valence-electron chi connectivity index (χ1n) is 7.04. The second kappa shape index (κ2) is 5.65. The molecule has 8 heteroatoms. The Labute approximate surface area is 135 Å². The maximum Gasteiger partial charge on any atom is 0.305 e. The Kier molecular flexibility index (Phi) is 3.64. The molecule has 0 fully saturated rings. The zero-order valence-corrected chi connectivity index (χ0v) is 12.9. The Morgan fingerprint density at radius 2 is 2.04 bits per heavy atom. The lowest BCUT2D eigenvalue weighted by atomic mass is 10.2. The van der Waals surface area contributed by atoms with E-state index in [0.717, 1.165) is 0 Å². The van der Waals surface area contributed by atoms with Crippen LogP contribution < -0.4 is 5.43 Å². The van der Waals surface area contributed by atoms with Gasteiger partial charge in [-0.05, 0) is 32.0 Å². The molecular formula is C16H13N3O5. The molecule has 1 amide bonds. The van der Waals surface area contributed by atoms with Gasteiger partial charge in [0.2, 0.25) is 0 Å². The molecule has 0 atom stereocenters. The minimum absolute atomic E-state index is 0.0191. The van der Waals surface area contributed by atoms with Gasteiger partial charge in [0.25, 0.3) is 5.69 Å². The molecule has 2 heterocycles. The number of hydrogen-bond acceptors (Lipinski definition) is 5. The fourth-order valence-corrected chi connectivity index (χ4v) is 2.49. The molecule has 2 aromatic heterocycles. The molecule has 0 aliphatic heterocycles. The van der Waals surface area contributed by atoms with Gasteiger partial charge in [0, 0.05) is 34.5 Å². The number of furan rings is 1. The van der Waals surface area contributed by atoms with E-state index < -0.39 is 10.8 Å². The van der Waals surface area contributed by atoms with Crippen LogP contribution in [0.1, 0.15) is 32.3 Å². The lowest BCUT2D eigenvalue weighted by Crippen LogP contribution is -2.24. The predicted molar refractivity (Wildman–Crippen MR) is 85.9 cm³/mol. The van der Waals surface area contributed by atoms with Gasteiger partial charge in [-0.15, -0.1) is 0 Å². The van der Waals surface area contributed by atoms with E-state index in [9.17, 15) is 19.7 Å². The number of fused-ring (bicyclic) bond motifs is 1. The van der Waals surface area contributed by atoms with E-state index >= 15 is 0 Å². The van der Waals surface area contributed by atoms with Crippen molar-refractivity contribution in [2.45, 2.75) is 13.8 Å². The maximum absolute atomic E-state index is 12.4. The van der Waals surface area contributed by atoms with Gasteiger partial charge in [-0.2, -0.15) is 0 Å². The van der Waals surface area contributed by atoms with Crippen LogP contribution in [0.2, 0.25) is 0 Å². The van der Waals surface area contributed by atoms with Crippen LogP contribution in [-0.2, 0) is 0 Å². The van der Waals surface area contributed by atoms with E-state index in [4.69, 9.17) is 4.42 Å². The number of rotatable bonds is 4. The van der Waals surface area contributed by atoms with Gasteiger partial charge >= 0.3 is 5.91 Å². The SMILES string of the molecule is Cc1cc(C=O)c(C)n1NC(=O)c1cc2cc([N+](=O)[O-])ccc2o1. The number of non-ortho nitro benzene ring substituents is 1. The monoisotopic (exact) mass is 327 g/mol. The normalized spacial score (nSPS) is 10.8. The zero-order valence-electron chi connectivity index (χ0n) is 12.9. The molecule has 1 N–H and O–H groups in total. The Morgan fingerprint density at radius 1 is 1.29 bits per heavy atom. The lowest BCUT2D eigenvalue weighted by Gasteiger charge is -2.09. The van der Waals surface area contributed by atoms with Gasteiger partial charge < -0.3 is 4.42 Å². The Hall–Kier alpha value is -3.42. The van der Waals surface area contributed by atoms with Crippen molar-refractivity contribution in [3.8, 4) is 0 Å². The molecule has 0 radical (unpaired) electrons. The summed E-state index contributed by atoms with van der Waals surface area (Å²) in [6.45, 7) is 3.46. The minimum atomic E-state index is -0.520. The van der Waals surface area contributed by atoms with Crippen LogP contribution in [0, 0.1) is 24.0 Å². The highest BCUT2D eigenvalue weighted by Gasteiger charge is 2.17. The molecule has 122 valence electrons. The average molecular weight is 327 g/mol. The highest BCUT2D eigenvalue weighted by atomic mass is 16.6. The molecule has 0 spiro atoms. The maximum atomic E-state index is 12.4. The summed E-state index contributed by atoms with van der Waals surface area (Å²) >= 11 is 0. The number of aryl methyl sites for hydroxylation is 1. The van der Waals surface area contributed by atoms with Crippen LogP contribution in [0.5, 0.6) is 0 Å². The van der Waals surface area contributed by atoms with Crippen LogP contribution in [-0.4, -0.2) is 21.8 Å². The first-order valence-corrected chi connectivity index (χ1v) is 7.04. The van der Waals surface area contributed by atoms with Crippen molar-refractivity contribution < 1.29 is 18.9 Å². The predicted octanol–water partition coefficient (Wildman–Crippen LogP) is 2.96. The summed E-state index contributed by atoms with van der Waals surface area (Å²) in [4.78, 5) is 33.6. The van der Waals surface area contributed by atoms with E-state index in [0.29, 0.717) is 34.2 Å². The van der Waals surface area contributed by atoms with Crippen molar-refractivity contribution in [1.82, 2.24) is 4.68 Å². The summed E-state index contributed by atoms with van der Waals surface area (Å²) in [5.74, 6) is -0.501. The van der Waals surface area contributed by atoms with E-state index in [1.807, 2.05) is 0 Å².